The highest BCUT2D eigenvalue weighted by Crippen LogP contribution is 2.32. The van der Waals surface area contributed by atoms with Crippen LogP contribution < -0.4 is 14.2 Å². The van der Waals surface area contributed by atoms with Crippen LogP contribution in [-0.4, -0.2) is 44.3 Å². The van der Waals surface area contributed by atoms with E-state index in [1.54, 1.807) is 52.0 Å². The highest BCUT2D eigenvalue weighted by Gasteiger charge is 2.22. The van der Waals surface area contributed by atoms with Crippen molar-refractivity contribution in [2.45, 2.75) is 34.6 Å². The summed E-state index contributed by atoms with van der Waals surface area (Å²) in [6.45, 7) is 15.4. The van der Waals surface area contributed by atoms with Crippen LogP contribution in [0.25, 0.3) is 11.1 Å². The molecule has 0 saturated carbocycles. The number of carbonyl (C=O) groups is 3. The predicted molar refractivity (Wildman–Crippen MR) is 139 cm³/mol. The number of hydrogen-bond acceptors (Lipinski definition) is 8. The third kappa shape index (κ3) is 9.38. The minimum absolute atomic E-state index is 0.00766. The van der Waals surface area contributed by atoms with Crippen LogP contribution in [0, 0.1) is 11.2 Å². The van der Waals surface area contributed by atoms with Gasteiger partial charge in [0.15, 0.2) is 11.6 Å². The van der Waals surface area contributed by atoms with E-state index in [0.29, 0.717) is 22.6 Å². The number of benzene rings is 2. The Hall–Kier alpha value is -4.14. The lowest BCUT2D eigenvalue weighted by molar-refractivity contribution is -0.153. The first-order chi connectivity index (χ1) is 17.8. The van der Waals surface area contributed by atoms with Crippen molar-refractivity contribution in [1.29, 1.82) is 0 Å². The molecule has 0 radical (unpaired) electrons. The highest BCUT2D eigenvalue weighted by atomic mass is 19.1. The van der Waals surface area contributed by atoms with E-state index in [-0.39, 0.29) is 49.3 Å². The van der Waals surface area contributed by atoms with Crippen molar-refractivity contribution < 1.29 is 42.5 Å². The normalized spacial score (nSPS) is 10.8. The Morgan fingerprint density at radius 3 is 1.82 bits per heavy atom. The summed E-state index contributed by atoms with van der Waals surface area (Å²) < 4.78 is 41.4. The molecule has 38 heavy (non-hydrogen) atoms. The average Bonchev–Trinajstić information content (AvgIpc) is 2.84. The SMILES string of the molecule is C=C(C)C(=O)OCCOc1cc(OCCOC(=O)C(C)(C)C)cc(-c2ccc(OC(=O)C(=C)C)c(F)c2)c1. The minimum Gasteiger partial charge on any atom is -0.490 e. The summed E-state index contributed by atoms with van der Waals surface area (Å²) >= 11 is 0. The van der Waals surface area contributed by atoms with Gasteiger partial charge in [0.2, 0.25) is 0 Å². The van der Waals surface area contributed by atoms with Crippen LogP contribution in [0.1, 0.15) is 34.6 Å². The Labute approximate surface area is 222 Å². The van der Waals surface area contributed by atoms with Gasteiger partial charge in [0.25, 0.3) is 0 Å². The van der Waals surface area contributed by atoms with Crippen LogP contribution in [0.5, 0.6) is 17.2 Å². The van der Waals surface area contributed by atoms with Gasteiger partial charge in [-0.2, -0.15) is 0 Å². The van der Waals surface area contributed by atoms with Crippen LogP contribution in [0.4, 0.5) is 4.39 Å². The summed E-state index contributed by atoms with van der Waals surface area (Å²) in [5.74, 6) is -1.85. The van der Waals surface area contributed by atoms with Crippen molar-refractivity contribution in [1.82, 2.24) is 0 Å². The molecule has 0 heterocycles. The molecule has 0 saturated heterocycles. The maximum Gasteiger partial charge on any atom is 0.338 e. The fraction of sp³-hybridized carbons (Fsp3) is 0.345. The molecule has 0 atom stereocenters. The third-order valence-electron chi connectivity index (χ3n) is 4.83. The van der Waals surface area contributed by atoms with E-state index in [0.717, 1.165) is 0 Å². The largest absolute Gasteiger partial charge is 0.490 e. The zero-order valence-corrected chi connectivity index (χ0v) is 22.4. The molecular weight excluding hydrogens is 495 g/mol. The molecule has 0 spiro atoms. The lowest BCUT2D eigenvalue weighted by Gasteiger charge is -2.17. The van der Waals surface area contributed by atoms with Gasteiger partial charge >= 0.3 is 17.9 Å². The number of hydrogen-bond donors (Lipinski definition) is 0. The molecule has 0 aliphatic carbocycles. The molecule has 2 aromatic rings. The Balaban J connectivity index is 2.21. The van der Waals surface area contributed by atoms with Gasteiger partial charge in [0, 0.05) is 17.2 Å². The number of ether oxygens (including phenoxy) is 5. The predicted octanol–water partition coefficient (Wildman–Crippen LogP) is 5.44. The molecule has 9 heteroatoms. The summed E-state index contributed by atoms with van der Waals surface area (Å²) in [6, 6.07) is 9.04. The van der Waals surface area contributed by atoms with E-state index in [2.05, 4.69) is 13.2 Å². The van der Waals surface area contributed by atoms with Gasteiger partial charge in [0.1, 0.15) is 37.9 Å². The van der Waals surface area contributed by atoms with Gasteiger partial charge < -0.3 is 23.7 Å². The zero-order valence-electron chi connectivity index (χ0n) is 22.4. The van der Waals surface area contributed by atoms with Crippen LogP contribution in [0.15, 0.2) is 60.7 Å². The van der Waals surface area contributed by atoms with Gasteiger partial charge in [-0.1, -0.05) is 19.2 Å². The summed E-state index contributed by atoms with van der Waals surface area (Å²) in [6.07, 6.45) is 0. The van der Waals surface area contributed by atoms with Crippen molar-refractivity contribution >= 4 is 17.9 Å². The van der Waals surface area contributed by atoms with E-state index < -0.39 is 23.2 Å². The maximum absolute atomic E-state index is 14.7. The minimum atomic E-state index is -0.744. The van der Waals surface area contributed by atoms with E-state index in [9.17, 15) is 18.8 Å². The quantitative estimate of drug-likeness (QED) is 0.156. The molecule has 2 aromatic carbocycles. The fourth-order valence-corrected chi connectivity index (χ4v) is 2.78. The Morgan fingerprint density at radius 1 is 0.763 bits per heavy atom. The number of carbonyl (C=O) groups excluding carboxylic acids is 3. The molecule has 0 unspecified atom stereocenters. The van der Waals surface area contributed by atoms with E-state index >= 15 is 0 Å². The average molecular weight is 529 g/mol. The van der Waals surface area contributed by atoms with Crippen molar-refractivity contribution in [2.24, 2.45) is 5.41 Å². The fourth-order valence-electron chi connectivity index (χ4n) is 2.78. The topological polar surface area (TPSA) is 97.4 Å². The maximum atomic E-state index is 14.7. The molecule has 2 rings (SSSR count). The second-order valence-corrected chi connectivity index (χ2v) is 9.51. The molecular formula is C29H33FO8. The number of rotatable bonds is 12. The van der Waals surface area contributed by atoms with E-state index in [1.165, 1.54) is 19.1 Å². The van der Waals surface area contributed by atoms with Gasteiger partial charge in [-0.15, -0.1) is 0 Å². The molecule has 0 aliphatic rings. The summed E-state index contributed by atoms with van der Waals surface area (Å²) in [5, 5.41) is 0. The van der Waals surface area contributed by atoms with Crippen LogP contribution >= 0.6 is 0 Å². The molecule has 204 valence electrons. The third-order valence-corrected chi connectivity index (χ3v) is 4.83. The second kappa shape index (κ2) is 13.4. The molecule has 8 nitrogen and oxygen atoms in total. The van der Waals surface area contributed by atoms with Crippen LogP contribution in [-0.2, 0) is 23.9 Å². The Bertz CT molecular complexity index is 1210. The van der Waals surface area contributed by atoms with Crippen molar-refractivity contribution in [2.75, 3.05) is 26.4 Å². The lowest BCUT2D eigenvalue weighted by Crippen LogP contribution is -2.24. The van der Waals surface area contributed by atoms with E-state index in [4.69, 9.17) is 23.7 Å². The molecule has 0 bridgehead atoms. The Kier molecular flexibility index (Phi) is 10.6. The second-order valence-electron chi connectivity index (χ2n) is 9.51. The molecule has 0 aromatic heterocycles. The molecule has 0 amide bonds. The summed E-state index contributed by atoms with van der Waals surface area (Å²) in [5.41, 5.74) is 0.778. The van der Waals surface area contributed by atoms with Crippen LogP contribution in [0.3, 0.4) is 0 Å². The first-order valence-corrected chi connectivity index (χ1v) is 11.9. The molecule has 0 fully saturated rings. The van der Waals surface area contributed by atoms with Crippen molar-refractivity contribution in [3.05, 3.63) is 66.5 Å². The summed E-state index contributed by atoms with van der Waals surface area (Å²) in [4.78, 5) is 35.3. The van der Waals surface area contributed by atoms with Gasteiger partial charge in [-0.3, -0.25) is 4.79 Å². The van der Waals surface area contributed by atoms with Crippen molar-refractivity contribution in [3.8, 4) is 28.4 Å². The van der Waals surface area contributed by atoms with E-state index in [1.807, 2.05) is 0 Å². The molecule has 0 aliphatic heterocycles. The monoisotopic (exact) mass is 528 g/mol. The number of halogens is 1. The molecule has 0 N–H and O–H groups in total. The highest BCUT2D eigenvalue weighted by molar-refractivity contribution is 5.89. The smallest absolute Gasteiger partial charge is 0.338 e. The van der Waals surface area contributed by atoms with Gasteiger partial charge in [-0.05, 0) is 70.0 Å². The first kappa shape index (κ1) is 30.1. The van der Waals surface area contributed by atoms with Crippen molar-refractivity contribution in [3.63, 3.8) is 0 Å². The lowest BCUT2D eigenvalue weighted by atomic mass is 9.97. The van der Waals surface area contributed by atoms with Crippen LogP contribution in [0.2, 0.25) is 0 Å². The first-order valence-electron chi connectivity index (χ1n) is 11.9. The van der Waals surface area contributed by atoms with Gasteiger partial charge in [0.05, 0.1) is 5.41 Å². The number of esters is 3. The Morgan fingerprint density at radius 2 is 1.32 bits per heavy atom. The van der Waals surface area contributed by atoms with Gasteiger partial charge in [-0.25, -0.2) is 14.0 Å². The summed E-state index contributed by atoms with van der Waals surface area (Å²) in [7, 11) is 0. The zero-order chi connectivity index (χ0) is 28.5. The standard InChI is InChI=1S/C29H33FO8/c1-18(2)26(31)36-12-10-34-22-14-21(15-23(17-22)35-11-13-37-28(33)29(5,6)7)20-8-9-25(24(30)16-20)38-27(32)19(3)4/h8-9,14-17H,1,3,10-13H2,2,4-7H3.